The summed E-state index contributed by atoms with van der Waals surface area (Å²) in [6.45, 7) is -0.347. The second-order valence-electron chi connectivity index (χ2n) is 6.25. The number of fused-ring (bicyclic) bond motifs is 1. The fraction of sp³-hybridized carbons (Fsp3) is 0.300. The van der Waals surface area contributed by atoms with Gasteiger partial charge in [0.15, 0.2) is 0 Å². The van der Waals surface area contributed by atoms with Gasteiger partial charge in [-0.15, -0.1) is 11.3 Å². The fourth-order valence-electron chi connectivity index (χ4n) is 3.11. The van der Waals surface area contributed by atoms with E-state index in [1.807, 2.05) is 18.2 Å². The number of pyridine rings is 1. The molecule has 1 atom stereocenters. The zero-order chi connectivity index (χ0) is 17.9. The summed E-state index contributed by atoms with van der Waals surface area (Å²) in [6, 6.07) is 6.21. The molecule has 0 amide bonds. The van der Waals surface area contributed by atoms with Gasteiger partial charge in [-0.3, -0.25) is 0 Å². The Morgan fingerprint density at radius 2 is 2.15 bits per heavy atom. The Kier molecular flexibility index (Phi) is 4.93. The predicted molar refractivity (Wildman–Crippen MR) is 102 cm³/mol. The molecule has 6 heteroatoms. The number of hydrogen-bond donors (Lipinski definition) is 0. The second-order valence-corrected chi connectivity index (χ2v) is 7.28. The largest absolute Gasteiger partial charge is 0.495 e. The quantitative estimate of drug-likeness (QED) is 0.630. The van der Waals surface area contributed by atoms with Crippen LogP contribution >= 0.6 is 11.3 Å². The van der Waals surface area contributed by atoms with Crippen LogP contribution in [0.4, 0.5) is 8.78 Å². The molecule has 0 bridgehead atoms. The molecule has 1 unspecified atom stereocenters. The van der Waals surface area contributed by atoms with Gasteiger partial charge in [-0.1, -0.05) is 12.1 Å². The summed E-state index contributed by atoms with van der Waals surface area (Å²) in [5.41, 5.74) is 2.16. The molecule has 26 heavy (non-hydrogen) atoms. The van der Waals surface area contributed by atoms with Crippen LogP contribution in [0.15, 0.2) is 53.1 Å². The summed E-state index contributed by atoms with van der Waals surface area (Å²) in [5, 5.41) is 1.10. The van der Waals surface area contributed by atoms with Crippen molar-refractivity contribution in [3.8, 4) is 0 Å². The smallest absolute Gasteiger partial charge is 0.208 e. The number of aliphatic imine (C=N–C) groups is 1. The van der Waals surface area contributed by atoms with Gasteiger partial charge in [0.05, 0.1) is 11.5 Å². The van der Waals surface area contributed by atoms with E-state index in [1.54, 1.807) is 17.6 Å². The zero-order valence-corrected chi connectivity index (χ0v) is 14.9. The Bertz CT molecular complexity index is 942. The number of ether oxygens (including phenoxy) is 1. The van der Waals surface area contributed by atoms with Crippen LogP contribution in [0.2, 0.25) is 0 Å². The first-order valence-electron chi connectivity index (χ1n) is 8.62. The molecule has 0 spiro atoms. The average molecular weight is 372 g/mol. The number of halogens is 2. The molecular formula is C20H18F2N2OS. The maximum atomic E-state index is 13.0. The van der Waals surface area contributed by atoms with Crippen molar-refractivity contribution in [2.75, 3.05) is 13.3 Å². The summed E-state index contributed by atoms with van der Waals surface area (Å²) >= 11 is 1.66. The van der Waals surface area contributed by atoms with E-state index in [0.29, 0.717) is 6.42 Å². The Hall–Kier alpha value is -2.34. The fourth-order valence-corrected chi connectivity index (χ4v) is 4.20. The van der Waals surface area contributed by atoms with Crippen LogP contribution in [0.25, 0.3) is 15.8 Å². The molecule has 3 heterocycles. The lowest BCUT2D eigenvalue weighted by atomic mass is 10.00. The number of hydrogen-bond acceptors (Lipinski definition) is 4. The van der Waals surface area contributed by atoms with E-state index in [9.17, 15) is 8.78 Å². The standard InChI is InChI=1S/C20H18F2N2OS/c21-9-10-25-16-5-1-13(2-6-16)18-11-14-3-7-17(24-20(14)26-18)15-4-8-19(22)23-12-15/h1,3,5,7-8,11-12,15H,2,4,6,9-10H2. The van der Waals surface area contributed by atoms with Crippen LogP contribution in [0.5, 0.6) is 0 Å². The van der Waals surface area contributed by atoms with E-state index in [0.717, 1.165) is 34.5 Å². The topological polar surface area (TPSA) is 34.5 Å². The Morgan fingerprint density at radius 1 is 1.23 bits per heavy atom. The van der Waals surface area contributed by atoms with E-state index < -0.39 is 12.6 Å². The Morgan fingerprint density at radius 3 is 2.88 bits per heavy atom. The number of allylic oxidation sites excluding steroid dienone is 5. The number of alkyl halides is 1. The van der Waals surface area contributed by atoms with Gasteiger partial charge in [0.1, 0.15) is 18.1 Å². The highest BCUT2D eigenvalue weighted by Crippen LogP contribution is 2.35. The van der Waals surface area contributed by atoms with Crippen molar-refractivity contribution >= 4 is 33.3 Å². The van der Waals surface area contributed by atoms with Gasteiger partial charge >= 0.3 is 0 Å². The van der Waals surface area contributed by atoms with E-state index in [2.05, 4.69) is 17.1 Å². The molecule has 0 N–H and O–H groups in total. The molecule has 3 nitrogen and oxygen atoms in total. The summed E-state index contributed by atoms with van der Waals surface area (Å²) < 4.78 is 30.6. The van der Waals surface area contributed by atoms with Crippen LogP contribution in [0.1, 0.15) is 35.8 Å². The minimum atomic E-state index is -0.466. The predicted octanol–water partition coefficient (Wildman–Crippen LogP) is 5.71. The highest BCUT2D eigenvalue weighted by Gasteiger charge is 2.16. The molecule has 1 aliphatic carbocycles. The zero-order valence-electron chi connectivity index (χ0n) is 14.1. The third-order valence-electron chi connectivity index (χ3n) is 4.49. The van der Waals surface area contributed by atoms with Crippen LogP contribution in [0.3, 0.4) is 0 Å². The number of aromatic nitrogens is 1. The SMILES string of the molecule is FCCOC1=CC=C(c2cc3ccc(C4C=NC(F)=CC4)nc3s2)CC1. The molecule has 2 aromatic heterocycles. The minimum absolute atomic E-state index is 0.0245. The van der Waals surface area contributed by atoms with Gasteiger partial charge < -0.3 is 4.74 Å². The van der Waals surface area contributed by atoms with Gasteiger partial charge in [0.2, 0.25) is 5.95 Å². The summed E-state index contributed by atoms with van der Waals surface area (Å²) in [5.74, 6) is 0.439. The number of nitrogens with zero attached hydrogens (tertiary/aromatic N) is 2. The van der Waals surface area contributed by atoms with Crippen molar-refractivity contribution in [2.45, 2.75) is 25.2 Å². The minimum Gasteiger partial charge on any atom is -0.495 e. The molecule has 0 fully saturated rings. The average Bonchev–Trinajstić information content (AvgIpc) is 3.10. The van der Waals surface area contributed by atoms with E-state index in [4.69, 9.17) is 9.72 Å². The van der Waals surface area contributed by atoms with Crippen LogP contribution in [-0.4, -0.2) is 24.5 Å². The number of thiophene rings is 1. The maximum absolute atomic E-state index is 13.0. The lowest BCUT2D eigenvalue weighted by Gasteiger charge is -2.14. The highest BCUT2D eigenvalue weighted by atomic mass is 32.1. The lowest BCUT2D eigenvalue weighted by molar-refractivity contribution is 0.179. The van der Waals surface area contributed by atoms with Crippen molar-refractivity contribution in [3.05, 3.63) is 58.7 Å². The molecule has 4 rings (SSSR count). The third kappa shape index (κ3) is 3.60. The van der Waals surface area contributed by atoms with Gasteiger partial charge in [0, 0.05) is 28.8 Å². The molecule has 134 valence electrons. The van der Waals surface area contributed by atoms with Crippen LogP contribution in [0, 0.1) is 0 Å². The molecule has 0 saturated heterocycles. The maximum Gasteiger partial charge on any atom is 0.208 e. The van der Waals surface area contributed by atoms with E-state index in [-0.39, 0.29) is 12.5 Å². The van der Waals surface area contributed by atoms with Crippen molar-refractivity contribution in [1.82, 2.24) is 4.98 Å². The molecule has 2 aliphatic rings. The second kappa shape index (κ2) is 7.50. The van der Waals surface area contributed by atoms with Crippen molar-refractivity contribution in [3.63, 3.8) is 0 Å². The van der Waals surface area contributed by atoms with Gasteiger partial charge in [-0.05, 0) is 42.7 Å². The van der Waals surface area contributed by atoms with Crippen molar-refractivity contribution < 1.29 is 13.5 Å². The van der Waals surface area contributed by atoms with Crippen LogP contribution < -0.4 is 0 Å². The number of rotatable bonds is 5. The van der Waals surface area contributed by atoms with Gasteiger partial charge in [-0.2, -0.15) is 4.39 Å². The summed E-state index contributed by atoms with van der Waals surface area (Å²) in [6.07, 6.45) is 9.35. The first-order valence-corrected chi connectivity index (χ1v) is 9.44. The molecule has 0 aromatic carbocycles. The van der Waals surface area contributed by atoms with Crippen molar-refractivity contribution in [1.29, 1.82) is 0 Å². The highest BCUT2D eigenvalue weighted by molar-refractivity contribution is 7.19. The summed E-state index contributed by atoms with van der Waals surface area (Å²) in [7, 11) is 0. The molecule has 2 aromatic rings. The normalized spacial score (nSPS) is 19.9. The molecule has 0 radical (unpaired) electrons. The lowest BCUT2D eigenvalue weighted by Crippen LogP contribution is -2.04. The summed E-state index contributed by atoms with van der Waals surface area (Å²) in [4.78, 5) is 10.7. The Labute approximate surface area is 154 Å². The monoisotopic (exact) mass is 372 g/mol. The van der Waals surface area contributed by atoms with Crippen molar-refractivity contribution in [2.24, 2.45) is 4.99 Å². The Balaban J connectivity index is 1.56. The molecule has 0 saturated carbocycles. The van der Waals surface area contributed by atoms with E-state index >= 15 is 0 Å². The molecular weight excluding hydrogens is 354 g/mol. The third-order valence-corrected chi connectivity index (χ3v) is 5.61. The first kappa shape index (κ1) is 17.1. The van der Waals surface area contributed by atoms with E-state index in [1.165, 1.54) is 16.5 Å². The van der Waals surface area contributed by atoms with Gasteiger partial charge in [0.25, 0.3) is 0 Å². The van der Waals surface area contributed by atoms with Gasteiger partial charge in [-0.25, -0.2) is 14.4 Å². The van der Waals surface area contributed by atoms with Crippen LogP contribution in [-0.2, 0) is 4.74 Å². The molecule has 1 aliphatic heterocycles. The first-order chi connectivity index (χ1) is 12.7.